The van der Waals surface area contributed by atoms with Gasteiger partial charge in [-0.05, 0) is 35.8 Å². The Labute approximate surface area is 85.8 Å². The molecule has 0 spiro atoms. The monoisotopic (exact) mass is 190 g/mol. The third-order valence-corrected chi connectivity index (χ3v) is 3.26. The first kappa shape index (κ1) is 9.72. The van der Waals surface area contributed by atoms with E-state index in [1.54, 1.807) is 0 Å². The zero-order valence-corrected chi connectivity index (χ0v) is 8.90. The SMILES string of the molecule is CC(C)C(O)CC1Cc2ccccc21. The average Bonchev–Trinajstić information content (AvgIpc) is 2.13. The van der Waals surface area contributed by atoms with Crippen LogP contribution in [0.4, 0.5) is 0 Å². The molecule has 1 N–H and O–H groups in total. The van der Waals surface area contributed by atoms with E-state index in [9.17, 15) is 5.11 Å². The highest BCUT2D eigenvalue weighted by molar-refractivity contribution is 5.39. The van der Waals surface area contributed by atoms with Gasteiger partial charge in [0.25, 0.3) is 0 Å². The number of rotatable bonds is 3. The fraction of sp³-hybridized carbons (Fsp3) is 0.538. The van der Waals surface area contributed by atoms with E-state index in [4.69, 9.17) is 0 Å². The van der Waals surface area contributed by atoms with Crippen molar-refractivity contribution in [2.24, 2.45) is 5.92 Å². The molecule has 0 fully saturated rings. The fourth-order valence-electron chi connectivity index (χ4n) is 2.14. The van der Waals surface area contributed by atoms with Crippen LogP contribution in [0.3, 0.4) is 0 Å². The second kappa shape index (κ2) is 3.74. The molecule has 0 aromatic heterocycles. The van der Waals surface area contributed by atoms with Crippen molar-refractivity contribution < 1.29 is 5.11 Å². The smallest absolute Gasteiger partial charge is 0.0569 e. The number of aliphatic hydroxyl groups is 1. The van der Waals surface area contributed by atoms with Gasteiger partial charge in [0, 0.05) is 0 Å². The highest BCUT2D eigenvalue weighted by Crippen LogP contribution is 2.38. The Balaban J connectivity index is 1.99. The number of fused-ring (bicyclic) bond motifs is 1. The fourth-order valence-corrected chi connectivity index (χ4v) is 2.14. The van der Waals surface area contributed by atoms with Crippen LogP contribution in [0.2, 0.25) is 0 Å². The maximum absolute atomic E-state index is 9.79. The van der Waals surface area contributed by atoms with Crippen LogP contribution in [0.5, 0.6) is 0 Å². The Hall–Kier alpha value is -0.820. The molecule has 0 saturated carbocycles. The minimum Gasteiger partial charge on any atom is -0.393 e. The lowest BCUT2D eigenvalue weighted by Crippen LogP contribution is -2.25. The molecule has 1 aliphatic carbocycles. The van der Waals surface area contributed by atoms with Gasteiger partial charge in [0.05, 0.1) is 6.10 Å². The molecule has 0 aliphatic heterocycles. The summed E-state index contributed by atoms with van der Waals surface area (Å²) in [6.07, 6.45) is 1.93. The molecule has 2 atom stereocenters. The first-order valence-corrected chi connectivity index (χ1v) is 5.44. The highest BCUT2D eigenvalue weighted by Gasteiger charge is 2.28. The molecule has 1 nitrogen and oxygen atoms in total. The van der Waals surface area contributed by atoms with E-state index in [0.717, 1.165) is 12.8 Å². The Morgan fingerprint density at radius 1 is 1.36 bits per heavy atom. The van der Waals surface area contributed by atoms with Crippen LogP contribution in [-0.4, -0.2) is 11.2 Å². The molecule has 0 bridgehead atoms. The predicted molar refractivity (Wildman–Crippen MR) is 58.3 cm³/mol. The number of hydrogen-bond acceptors (Lipinski definition) is 1. The van der Waals surface area contributed by atoms with Gasteiger partial charge in [0.15, 0.2) is 0 Å². The zero-order valence-electron chi connectivity index (χ0n) is 8.90. The van der Waals surface area contributed by atoms with E-state index in [-0.39, 0.29) is 6.10 Å². The lowest BCUT2D eigenvalue weighted by Gasteiger charge is -2.32. The van der Waals surface area contributed by atoms with Crippen molar-refractivity contribution in [3.8, 4) is 0 Å². The van der Waals surface area contributed by atoms with Crippen molar-refractivity contribution in [3.63, 3.8) is 0 Å². The van der Waals surface area contributed by atoms with Crippen molar-refractivity contribution in [2.45, 2.75) is 38.7 Å². The minimum absolute atomic E-state index is 0.145. The van der Waals surface area contributed by atoms with Crippen LogP contribution >= 0.6 is 0 Å². The normalized spacial score (nSPS) is 21.6. The Morgan fingerprint density at radius 3 is 2.71 bits per heavy atom. The predicted octanol–water partition coefficient (Wildman–Crippen LogP) is 2.73. The van der Waals surface area contributed by atoms with Gasteiger partial charge in [0.2, 0.25) is 0 Å². The summed E-state index contributed by atoms with van der Waals surface area (Å²) in [5.74, 6) is 0.978. The van der Waals surface area contributed by atoms with E-state index >= 15 is 0 Å². The zero-order chi connectivity index (χ0) is 10.1. The third kappa shape index (κ3) is 1.69. The lowest BCUT2D eigenvalue weighted by atomic mass is 9.74. The van der Waals surface area contributed by atoms with E-state index < -0.39 is 0 Å². The summed E-state index contributed by atoms with van der Waals surface area (Å²) < 4.78 is 0. The van der Waals surface area contributed by atoms with Crippen LogP contribution in [0, 0.1) is 5.92 Å². The topological polar surface area (TPSA) is 20.2 Å². The van der Waals surface area contributed by atoms with Gasteiger partial charge >= 0.3 is 0 Å². The van der Waals surface area contributed by atoms with Crippen molar-refractivity contribution in [3.05, 3.63) is 35.4 Å². The molecule has 0 saturated heterocycles. The molecule has 1 aliphatic rings. The molecule has 0 radical (unpaired) electrons. The second-order valence-electron chi connectivity index (χ2n) is 4.65. The minimum atomic E-state index is -0.145. The Bertz CT molecular complexity index is 317. The maximum atomic E-state index is 9.79. The molecule has 0 amide bonds. The van der Waals surface area contributed by atoms with Crippen molar-refractivity contribution in [2.75, 3.05) is 0 Å². The highest BCUT2D eigenvalue weighted by atomic mass is 16.3. The molecule has 2 rings (SSSR count). The van der Waals surface area contributed by atoms with Crippen LogP contribution in [0.15, 0.2) is 24.3 Å². The summed E-state index contributed by atoms with van der Waals surface area (Å²) in [5.41, 5.74) is 2.92. The molecule has 2 unspecified atom stereocenters. The van der Waals surface area contributed by atoms with E-state index in [1.807, 2.05) is 0 Å². The quantitative estimate of drug-likeness (QED) is 0.777. The van der Waals surface area contributed by atoms with Gasteiger partial charge < -0.3 is 5.11 Å². The lowest BCUT2D eigenvalue weighted by molar-refractivity contribution is 0.105. The molecule has 14 heavy (non-hydrogen) atoms. The summed E-state index contributed by atoms with van der Waals surface area (Å²) >= 11 is 0. The first-order chi connectivity index (χ1) is 6.68. The van der Waals surface area contributed by atoms with Crippen molar-refractivity contribution in [1.29, 1.82) is 0 Å². The van der Waals surface area contributed by atoms with Gasteiger partial charge in [-0.1, -0.05) is 38.1 Å². The summed E-state index contributed by atoms with van der Waals surface area (Å²) in [4.78, 5) is 0. The number of hydrogen-bond donors (Lipinski definition) is 1. The number of benzene rings is 1. The molecular weight excluding hydrogens is 172 g/mol. The van der Waals surface area contributed by atoms with Crippen molar-refractivity contribution in [1.82, 2.24) is 0 Å². The molecule has 1 aromatic carbocycles. The molecular formula is C13H18O. The summed E-state index contributed by atoms with van der Waals surface area (Å²) in [6.45, 7) is 4.16. The Kier molecular flexibility index (Phi) is 2.60. The van der Waals surface area contributed by atoms with Crippen LogP contribution in [-0.2, 0) is 6.42 Å². The standard InChI is InChI=1S/C13H18O/c1-9(2)13(14)8-11-7-10-5-3-4-6-12(10)11/h3-6,9,11,13-14H,7-8H2,1-2H3. The summed E-state index contributed by atoms with van der Waals surface area (Å²) in [7, 11) is 0. The van der Waals surface area contributed by atoms with Crippen molar-refractivity contribution >= 4 is 0 Å². The van der Waals surface area contributed by atoms with E-state index in [1.165, 1.54) is 11.1 Å². The molecule has 76 valence electrons. The summed E-state index contributed by atoms with van der Waals surface area (Å²) in [5, 5.41) is 9.79. The van der Waals surface area contributed by atoms with Crippen LogP contribution in [0.25, 0.3) is 0 Å². The first-order valence-electron chi connectivity index (χ1n) is 5.44. The second-order valence-corrected chi connectivity index (χ2v) is 4.65. The molecule has 1 heteroatoms. The third-order valence-electron chi connectivity index (χ3n) is 3.26. The van der Waals surface area contributed by atoms with Gasteiger partial charge in [-0.25, -0.2) is 0 Å². The molecule has 0 heterocycles. The van der Waals surface area contributed by atoms with Crippen LogP contribution in [0.1, 0.15) is 37.3 Å². The average molecular weight is 190 g/mol. The molecule has 1 aromatic rings. The number of aliphatic hydroxyl groups excluding tert-OH is 1. The Morgan fingerprint density at radius 2 is 2.07 bits per heavy atom. The van der Waals surface area contributed by atoms with Gasteiger partial charge in [0.1, 0.15) is 0 Å². The summed E-state index contributed by atoms with van der Waals surface area (Å²) in [6, 6.07) is 8.56. The van der Waals surface area contributed by atoms with Gasteiger partial charge in [-0.3, -0.25) is 0 Å². The van der Waals surface area contributed by atoms with Crippen LogP contribution < -0.4 is 0 Å². The van der Waals surface area contributed by atoms with E-state index in [2.05, 4.69) is 38.1 Å². The van der Waals surface area contributed by atoms with Gasteiger partial charge in [-0.2, -0.15) is 0 Å². The maximum Gasteiger partial charge on any atom is 0.0569 e. The van der Waals surface area contributed by atoms with Gasteiger partial charge in [-0.15, -0.1) is 0 Å². The largest absolute Gasteiger partial charge is 0.393 e. The van der Waals surface area contributed by atoms with E-state index in [0.29, 0.717) is 11.8 Å².